The molecule has 2 aliphatic rings. The van der Waals surface area contributed by atoms with Crippen LogP contribution in [0.15, 0.2) is 36.5 Å². The lowest BCUT2D eigenvalue weighted by molar-refractivity contribution is -0.235. The molecule has 3 atom stereocenters. The number of carboxylic acid groups (broad SMARTS) is 1. The number of aliphatic hydroxyl groups excluding tert-OH is 1. The van der Waals surface area contributed by atoms with Crippen LogP contribution in [0.5, 0.6) is 0 Å². The summed E-state index contributed by atoms with van der Waals surface area (Å²) in [5.41, 5.74) is 0.485. The zero-order valence-corrected chi connectivity index (χ0v) is 17.0. The maximum atomic E-state index is 10.7. The molecule has 0 amide bonds. The molecule has 1 unspecified atom stereocenters. The molecule has 4 N–H and O–H groups in total. The first-order valence-electron chi connectivity index (χ1n) is 10.6. The van der Waals surface area contributed by atoms with Crippen LogP contribution >= 0.6 is 0 Å². The number of allylic oxidation sites excluding steroid dienone is 5. The Morgan fingerprint density at radius 2 is 1.82 bits per heavy atom. The molecule has 0 aromatic rings. The highest BCUT2D eigenvalue weighted by molar-refractivity contribution is 5.75. The Morgan fingerprint density at radius 3 is 2.43 bits per heavy atom. The van der Waals surface area contributed by atoms with Crippen molar-refractivity contribution in [3.05, 3.63) is 36.5 Å². The lowest BCUT2D eigenvalue weighted by Crippen LogP contribution is -2.49. The number of aliphatic carboxylic acids is 1. The van der Waals surface area contributed by atoms with Crippen molar-refractivity contribution in [2.75, 3.05) is 0 Å². The number of hydrogen-bond acceptors (Lipinski definition) is 4. The number of aliphatic hydroxyl groups is 3. The topological polar surface area (TPSA) is 98.0 Å². The minimum atomic E-state index is -3.10. The van der Waals surface area contributed by atoms with Gasteiger partial charge in [0.05, 0.1) is 0 Å². The number of rotatable bonds is 11. The number of carbonyl (C=O) groups is 1. The van der Waals surface area contributed by atoms with Gasteiger partial charge in [-0.2, -0.15) is 0 Å². The summed E-state index contributed by atoms with van der Waals surface area (Å²) in [4.78, 5) is 10.7. The van der Waals surface area contributed by atoms with Crippen LogP contribution in [0.25, 0.3) is 0 Å². The highest BCUT2D eigenvalue weighted by atomic mass is 16.6. The first-order valence-corrected chi connectivity index (χ1v) is 10.6. The van der Waals surface area contributed by atoms with Crippen molar-refractivity contribution < 1.29 is 25.2 Å². The number of carboxylic acids is 1. The summed E-state index contributed by atoms with van der Waals surface area (Å²) < 4.78 is 0. The Hall–Kier alpha value is -1.43. The van der Waals surface area contributed by atoms with E-state index in [0.29, 0.717) is 17.3 Å². The van der Waals surface area contributed by atoms with Gasteiger partial charge in [0.2, 0.25) is 0 Å². The largest absolute Gasteiger partial charge is 0.477 e. The zero-order chi connectivity index (χ0) is 20.6. The predicted octanol–water partition coefficient (Wildman–Crippen LogP) is 3.95. The lowest BCUT2D eigenvalue weighted by Gasteiger charge is -2.41. The number of hydrogen-bond donors (Lipinski definition) is 4. The summed E-state index contributed by atoms with van der Waals surface area (Å²) in [5.74, 6) is -3.81. The van der Waals surface area contributed by atoms with Gasteiger partial charge in [-0.25, -0.2) is 4.79 Å². The first kappa shape index (κ1) is 22.9. The third kappa shape index (κ3) is 6.03. The van der Waals surface area contributed by atoms with E-state index >= 15 is 0 Å². The second kappa shape index (κ2) is 10.4. The van der Waals surface area contributed by atoms with Gasteiger partial charge < -0.3 is 20.4 Å². The summed E-state index contributed by atoms with van der Waals surface area (Å²) in [7, 11) is 0. The fourth-order valence-corrected chi connectivity index (χ4v) is 4.44. The monoisotopic (exact) mass is 392 g/mol. The second-order valence-electron chi connectivity index (χ2n) is 8.60. The molecule has 5 nitrogen and oxygen atoms in total. The van der Waals surface area contributed by atoms with E-state index in [9.17, 15) is 20.1 Å². The Labute approximate surface area is 168 Å². The zero-order valence-electron chi connectivity index (χ0n) is 17.0. The van der Waals surface area contributed by atoms with E-state index in [1.807, 2.05) is 6.08 Å². The van der Waals surface area contributed by atoms with Crippen LogP contribution in [0.1, 0.15) is 71.1 Å². The van der Waals surface area contributed by atoms with Gasteiger partial charge in [-0.15, -0.1) is 0 Å². The molecule has 0 radical (unpaired) electrons. The van der Waals surface area contributed by atoms with Crippen molar-refractivity contribution >= 4 is 5.97 Å². The van der Waals surface area contributed by atoms with Gasteiger partial charge in [0.1, 0.15) is 6.10 Å². The predicted molar refractivity (Wildman–Crippen MR) is 109 cm³/mol. The third-order valence-electron chi connectivity index (χ3n) is 6.60. The summed E-state index contributed by atoms with van der Waals surface area (Å²) in [5, 5.41) is 36.9. The molecule has 0 aromatic carbocycles. The summed E-state index contributed by atoms with van der Waals surface area (Å²) >= 11 is 0. The lowest BCUT2D eigenvalue weighted by atomic mass is 9.64. The summed E-state index contributed by atoms with van der Waals surface area (Å²) in [6.45, 7) is 2.08. The molecule has 0 saturated heterocycles. The molecule has 2 fully saturated rings. The average molecular weight is 393 g/mol. The quantitative estimate of drug-likeness (QED) is 0.315. The van der Waals surface area contributed by atoms with E-state index in [2.05, 4.69) is 31.2 Å². The molecule has 0 bridgehead atoms. The molecule has 28 heavy (non-hydrogen) atoms. The van der Waals surface area contributed by atoms with Gasteiger partial charge in [0, 0.05) is 0 Å². The van der Waals surface area contributed by atoms with E-state index in [0.717, 1.165) is 12.8 Å². The van der Waals surface area contributed by atoms with Crippen LogP contribution in [-0.4, -0.2) is 38.3 Å². The second-order valence-corrected chi connectivity index (χ2v) is 8.60. The highest BCUT2D eigenvalue weighted by Crippen LogP contribution is 2.47. The smallest absolute Gasteiger partial charge is 0.366 e. The van der Waals surface area contributed by atoms with Crippen LogP contribution in [0, 0.1) is 17.3 Å². The minimum absolute atomic E-state index is 0.0972. The molecule has 2 saturated carbocycles. The van der Waals surface area contributed by atoms with Crippen molar-refractivity contribution in [1.82, 2.24) is 0 Å². The molecule has 5 heteroatoms. The Balaban J connectivity index is 1.78. The Bertz CT molecular complexity index is 586. The van der Waals surface area contributed by atoms with Crippen LogP contribution in [-0.2, 0) is 4.79 Å². The van der Waals surface area contributed by atoms with Gasteiger partial charge in [0.25, 0.3) is 5.79 Å². The SMILES string of the molecule is C/C=C\CC1(C/C=C/[C@H]2CCC[C@@H]2C/C=C\CC(O)C(O)(O)C(=O)O)CCC1. The van der Waals surface area contributed by atoms with Gasteiger partial charge in [0.15, 0.2) is 0 Å². The van der Waals surface area contributed by atoms with Crippen molar-refractivity contribution in [2.45, 2.75) is 83.0 Å². The molecular weight excluding hydrogens is 356 g/mol. The fourth-order valence-electron chi connectivity index (χ4n) is 4.44. The molecule has 0 aromatic heterocycles. The molecule has 2 rings (SSSR count). The van der Waals surface area contributed by atoms with Crippen LogP contribution < -0.4 is 0 Å². The van der Waals surface area contributed by atoms with Crippen molar-refractivity contribution in [2.24, 2.45) is 17.3 Å². The summed E-state index contributed by atoms with van der Waals surface area (Å²) in [6, 6.07) is 0. The van der Waals surface area contributed by atoms with E-state index < -0.39 is 17.9 Å². The van der Waals surface area contributed by atoms with E-state index in [4.69, 9.17) is 5.11 Å². The van der Waals surface area contributed by atoms with E-state index in [1.54, 1.807) is 6.08 Å². The molecule has 0 aliphatic heterocycles. The molecular formula is C23H36O5. The first-order chi connectivity index (χ1) is 13.3. The average Bonchev–Trinajstić information content (AvgIpc) is 3.07. The van der Waals surface area contributed by atoms with Crippen LogP contribution in [0.2, 0.25) is 0 Å². The molecule has 2 aliphatic carbocycles. The molecule has 0 heterocycles. The molecule has 0 spiro atoms. The summed E-state index contributed by atoms with van der Waals surface area (Å²) in [6.07, 6.45) is 21.8. The molecule has 158 valence electrons. The van der Waals surface area contributed by atoms with E-state index in [1.165, 1.54) is 44.9 Å². The van der Waals surface area contributed by atoms with Gasteiger partial charge in [-0.3, -0.25) is 0 Å². The van der Waals surface area contributed by atoms with Gasteiger partial charge in [-0.1, -0.05) is 49.3 Å². The van der Waals surface area contributed by atoms with Crippen molar-refractivity contribution in [3.63, 3.8) is 0 Å². The van der Waals surface area contributed by atoms with Crippen molar-refractivity contribution in [3.8, 4) is 0 Å². The maximum absolute atomic E-state index is 10.7. The third-order valence-corrected chi connectivity index (χ3v) is 6.60. The van der Waals surface area contributed by atoms with Crippen molar-refractivity contribution in [1.29, 1.82) is 0 Å². The van der Waals surface area contributed by atoms with Crippen LogP contribution in [0.3, 0.4) is 0 Å². The van der Waals surface area contributed by atoms with Gasteiger partial charge >= 0.3 is 5.97 Å². The van der Waals surface area contributed by atoms with Crippen LogP contribution in [0.4, 0.5) is 0 Å². The van der Waals surface area contributed by atoms with E-state index in [-0.39, 0.29) is 6.42 Å². The Kier molecular flexibility index (Phi) is 8.47. The van der Waals surface area contributed by atoms with Gasteiger partial charge in [-0.05, 0) is 75.5 Å². The highest BCUT2D eigenvalue weighted by Gasteiger charge is 2.41. The fraction of sp³-hybridized carbons (Fsp3) is 0.696. The maximum Gasteiger partial charge on any atom is 0.366 e. The Morgan fingerprint density at radius 1 is 1.11 bits per heavy atom. The normalized spacial score (nSPS) is 26.3. The standard InChI is InChI=1S/C23H36O5/c1-2-3-14-22(16-8-17-22)15-7-12-19-11-6-10-18(19)9-4-5-13-20(24)23(27,28)21(25)26/h2-5,7,12,18-20,24,27-28H,6,8-11,13-17H2,1H3,(H,25,26)/b3-2-,5-4-,12-7+/t18-,19+,20?/m0/s1. The minimum Gasteiger partial charge on any atom is -0.477 e.